The number of benzene rings is 1. The zero-order chi connectivity index (χ0) is 11.5. The molecule has 0 aliphatic rings. The molecule has 2 nitrogen and oxygen atoms in total. The minimum atomic E-state index is 0. The van der Waals surface area contributed by atoms with Crippen LogP contribution in [-0.4, -0.2) is 9.97 Å². The van der Waals surface area contributed by atoms with Crippen molar-refractivity contribution in [2.45, 2.75) is 10.1 Å². The second kappa shape index (κ2) is 6.18. The fourth-order valence-corrected chi connectivity index (χ4v) is 3.52. The number of nitrogens with zero attached hydrogens (tertiary/aromatic N) is 2. The van der Waals surface area contributed by atoms with Crippen LogP contribution in [0.1, 0.15) is 5.69 Å². The van der Waals surface area contributed by atoms with E-state index in [4.69, 9.17) is 0 Å². The van der Waals surface area contributed by atoms with Gasteiger partial charge in [0, 0.05) is 11.9 Å². The molecular weight excluding hydrogens is 284 g/mol. The maximum atomic E-state index is 4.58. The summed E-state index contributed by atoms with van der Waals surface area (Å²) in [7, 11) is 0. The molecule has 0 N–H and O–H groups in total. The summed E-state index contributed by atoms with van der Waals surface area (Å²) in [6.45, 7) is 0. The summed E-state index contributed by atoms with van der Waals surface area (Å²) in [5.74, 6) is 0.876. The Labute approximate surface area is 120 Å². The van der Waals surface area contributed by atoms with E-state index in [1.807, 2.05) is 36.5 Å². The summed E-state index contributed by atoms with van der Waals surface area (Å²) in [5, 5.41) is 0. The number of pyridine rings is 1. The van der Waals surface area contributed by atoms with Crippen molar-refractivity contribution in [3.05, 3.63) is 54.4 Å². The van der Waals surface area contributed by atoms with E-state index in [2.05, 4.69) is 22.1 Å². The first-order chi connectivity index (χ1) is 8.42. The Morgan fingerprint density at radius 3 is 2.67 bits per heavy atom. The van der Waals surface area contributed by atoms with E-state index in [0.717, 1.165) is 21.3 Å². The molecule has 0 bridgehead atoms. The first-order valence-electron chi connectivity index (χ1n) is 5.30. The van der Waals surface area contributed by atoms with Crippen molar-refractivity contribution < 1.29 is 0 Å². The number of fused-ring (bicyclic) bond motifs is 1. The highest BCUT2D eigenvalue weighted by molar-refractivity contribution is 8.00. The molecule has 2 heterocycles. The fourth-order valence-electron chi connectivity index (χ4n) is 1.53. The van der Waals surface area contributed by atoms with Gasteiger partial charge in [-0.15, -0.1) is 23.7 Å². The molecule has 0 unspecified atom stereocenters. The van der Waals surface area contributed by atoms with Crippen LogP contribution in [0.5, 0.6) is 0 Å². The van der Waals surface area contributed by atoms with E-state index >= 15 is 0 Å². The Balaban J connectivity index is 0.00000120. The molecule has 0 spiro atoms. The Kier molecular flexibility index (Phi) is 4.58. The highest BCUT2D eigenvalue weighted by Gasteiger charge is 2.04. The molecule has 2 aromatic heterocycles. The first kappa shape index (κ1) is 13.3. The zero-order valence-electron chi connectivity index (χ0n) is 9.45. The van der Waals surface area contributed by atoms with Crippen LogP contribution >= 0.6 is 35.5 Å². The predicted molar refractivity (Wildman–Crippen MR) is 80.7 cm³/mol. The summed E-state index contributed by atoms with van der Waals surface area (Å²) in [6, 6.07) is 14.2. The molecule has 0 fully saturated rings. The second-order valence-corrected chi connectivity index (χ2v) is 5.81. The normalized spacial score (nSPS) is 10.2. The van der Waals surface area contributed by atoms with Gasteiger partial charge in [-0.05, 0) is 24.3 Å². The minimum absolute atomic E-state index is 0. The summed E-state index contributed by atoms with van der Waals surface area (Å²) in [5.41, 5.74) is 2.18. The lowest BCUT2D eigenvalue weighted by atomic mass is 10.3. The molecular formula is C13H11ClN2S2. The average Bonchev–Trinajstić information content (AvgIpc) is 2.80. The van der Waals surface area contributed by atoms with Crippen LogP contribution in [0.25, 0.3) is 10.2 Å². The zero-order valence-corrected chi connectivity index (χ0v) is 11.9. The monoisotopic (exact) mass is 294 g/mol. The average molecular weight is 295 g/mol. The van der Waals surface area contributed by atoms with Crippen molar-refractivity contribution in [3.8, 4) is 0 Å². The topological polar surface area (TPSA) is 25.8 Å². The van der Waals surface area contributed by atoms with Crippen LogP contribution in [0.3, 0.4) is 0 Å². The standard InChI is InChI=1S/C13H10N2S2.ClH/c1-2-7-12-11(6-1)15-13(17-12)16-9-10-5-3-4-8-14-10;/h1-8H,9H2;1H. The van der Waals surface area contributed by atoms with Crippen molar-refractivity contribution in [1.82, 2.24) is 9.97 Å². The van der Waals surface area contributed by atoms with E-state index in [1.54, 1.807) is 23.1 Å². The number of rotatable bonds is 3. The van der Waals surface area contributed by atoms with Crippen molar-refractivity contribution in [2.75, 3.05) is 0 Å². The molecule has 3 rings (SSSR count). The molecule has 0 aliphatic heterocycles. The summed E-state index contributed by atoms with van der Waals surface area (Å²) in [4.78, 5) is 8.89. The van der Waals surface area contributed by atoms with Crippen molar-refractivity contribution >= 4 is 45.7 Å². The highest BCUT2D eigenvalue weighted by Crippen LogP contribution is 2.30. The van der Waals surface area contributed by atoms with Crippen molar-refractivity contribution in [3.63, 3.8) is 0 Å². The van der Waals surface area contributed by atoms with Crippen molar-refractivity contribution in [1.29, 1.82) is 0 Å². The van der Waals surface area contributed by atoms with Crippen LogP contribution in [0.15, 0.2) is 53.0 Å². The number of thioether (sulfide) groups is 1. The smallest absolute Gasteiger partial charge is 0.151 e. The van der Waals surface area contributed by atoms with Gasteiger partial charge in [0.05, 0.1) is 15.9 Å². The van der Waals surface area contributed by atoms with Gasteiger partial charge in [-0.3, -0.25) is 4.98 Å². The van der Waals surface area contributed by atoms with Gasteiger partial charge < -0.3 is 0 Å². The van der Waals surface area contributed by atoms with Gasteiger partial charge in [-0.25, -0.2) is 4.98 Å². The molecule has 0 aliphatic carbocycles. The molecule has 0 atom stereocenters. The number of para-hydroxylation sites is 1. The second-order valence-electron chi connectivity index (χ2n) is 3.56. The lowest BCUT2D eigenvalue weighted by Gasteiger charge is -1.96. The lowest BCUT2D eigenvalue weighted by molar-refractivity contribution is 1.17. The SMILES string of the molecule is Cl.c1ccc(CSc2nc3ccccc3s2)nc1. The van der Waals surface area contributed by atoms with Crippen LogP contribution in [-0.2, 0) is 5.75 Å². The number of halogens is 1. The molecule has 18 heavy (non-hydrogen) atoms. The number of hydrogen-bond donors (Lipinski definition) is 0. The molecule has 5 heteroatoms. The predicted octanol–water partition coefficient (Wildman–Crippen LogP) is 4.41. The highest BCUT2D eigenvalue weighted by atomic mass is 35.5. The number of thiazole rings is 1. The van der Waals surface area contributed by atoms with Crippen LogP contribution in [0, 0.1) is 0 Å². The third-order valence-electron chi connectivity index (χ3n) is 2.34. The minimum Gasteiger partial charge on any atom is -0.260 e. The number of hydrogen-bond acceptors (Lipinski definition) is 4. The van der Waals surface area contributed by atoms with Crippen LogP contribution in [0.4, 0.5) is 0 Å². The van der Waals surface area contributed by atoms with E-state index in [1.165, 1.54) is 4.70 Å². The van der Waals surface area contributed by atoms with Crippen molar-refractivity contribution in [2.24, 2.45) is 0 Å². The largest absolute Gasteiger partial charge is 0.260 e. The Morgan fingerprint density at radius 2 is 1.89 bits per heavy atom. The lowest BCUT2D eigenvalue weighted by Crippen LogP contribution is -1.83. The molecule has 0 radical (unpaired) electrons. The Morgan fingerprint density at radius 1 is 1.06 bits per heavy atom. The third-order valence-corrected chi connectivity index (χ3v) is 4.56. The van der Waals surface area contributed by atoms with E-state index in [-0.39, 0.29) is 12.4 Å². The molecule has 0 amide bonds. The summed E-state index contributed by atoms with van der Waals surface area (Å²) in [6.07, 6.45) is 1.83. The Hall–Kier alpha value is -1.10. The van der Waals surface area contributed by atoms with Gasteiger partial charge in [0.25, 0.3) is 0 Å². The fraction of sp³-hybridized carbons (Fsp3) is 0.0769. The summed E-state index contributed by atoms with van der Waals surface area (Å²) >= 11 is 3.48. The maximum Gasteiger partial charge on any atom is 0.151 e. The van der Waals surface area contributed by atoms with Gasteiger partial charge in [-0.2, -0.15) is 0 Å². The van der Waals surface area contributed by atoms with Gasteiger partial charge in [0.15, 0.2) is 4.34 Å². The third kappa shape index (κ3) is 3.02. The molecule has 0 saturated heterocycles. The van der Waals surface area contributed by atoms with E-state index < -0.39 is 0 Å². The van der Waals surface area contributed by atoms with Gasteiger partial charge in [-0.1, -0.05) is 30.0 Å². The summed E-state index contributed by atoms with van der Waals surface area (Å²) < 4.78 is 2.35. The first-order valence-corrected chi connectivity index (χ1v) is 7.10. The van der Waals surface area contributed by atoms with Gasteiger partial charge >= 0.3 is 0 Å². The molecule has 0 saturated carbocycles. The molecule has 92 valence electrons. The maximum absolute atomic E-state index is 4.58. The number of aromatic nitrogens is 2. The quantitative estimate of drug-likeness (QED) is 0.669. The molecule has 1 aromatic carbocycles. The van der Waals surface area contributed by atoms with Gasteiger partial charge in [0.2, 0.25) is 0 Å². The van der Waals surface area contributed by atoms with Crippen LogP contribution in [0.2, 0.25) is 0 Å². The van der Waals surface area contributed by atoms with Crippen LogP contribution < -0.4 is 0 Å². The molecule has 3 aromatic rings. The van der Waals surface area contributed by atoms with E-state index in [9.17, 15) is 0 Å². The van der Waals surface area contributed by atoms with E-state index in [0.29, 0.717) is 0 Å². The van der Waals surface area contributed by atoms with Gasteiger partial charge in [0.1, 0.15) is 0 Å². The Bertz CT molecular complexity index is 592.